The summed E-state index contributed by atoms with van der Waals surface area (Å²) in [5.41, 5.74) is 2.34. The van der Waals surface area contributed by atoms with Crippen molar-refractivity contribution in [3.8, 4) is 0 Å². The van der Waals surface area contributed by atoms with E-state index >= 15 is 0 Å². The van der Waals surface area contributed by atoms with Crippen LogP contribution in [0.3, 0.4) is 0 Å². The molecule has 1 aromatic carbocycles. The molecule has 0 atom stereocenters. The second-order valence-electron chi connectivity index (χ2n) is 4.15. The molecule has 0 unspecified atom stereocenters. The van der Waals surface area contributed by atoms with E-state index in [4.69, 9.17) is 12.2 Å². The van der Waals surface area contributed by atoms with Crippen molar-refractivity contribution in [3.63, 3.8) is 0 Å². The van der Waals surface area contributed by atoms with Gasteiger partial charge in [0.25, 0.3) is 0 Å². The molecule has 1 aliphatic rings. The highest BCUT2D eigenvalue weighted by atomic mass is 79.9. The van der Waals surface area contributed by atoms with Crippen LogP contribution in [0.15, 0.2) is 22.7 Å². The highest BCUT2D eigenvalue weighted by Crippen LogP contribution is 2.32. The van der Waals surface area contributed by atoms with Gasteiger partial charge in [-0.3, -0.25) is 0 Å². The Morgan fingerprint density at radius 2 is 2.27 bits per heavy atom. The Bertz CT molecular complexity index is 565. The third-order valence-electron chi connectivity index (χ3n) is 2.88. The number of aromatic nitrogens is 2. The van der Waals surface area contributed by atoms with Crippen molar-refractivity contribution in [2.24, 2.45) is 5.92 Å². The van der Waals surface area contributed by atoms with Crippen LogP contribution in [0.4, 0.5) is 0 Å². The highest BCUT2D eigenvalue weighted by Gasteiger charge is 2.22. The van der Waals surface area contributed by atoms with Gasteiger partial charge in [0, 0.05) is 11.0 Å². The van der Waals surface area contributed by atoms with E-state index in [-0.39, 0.29) is 0 Å². The molecule has 1 aliphatic carbocycles. The fraction of sp³-hybridized carbons (Fsp3) is 0.364. The summed E-state index contributed by atoms with van der Waals surface area (Å²) in [4.78, 5) is 3.24. The monoisotopic (exact) mass is 282 g/mol. The van der Waals surface area contributed by atoms with Gasteiger partial charge in [-0.1, -0.05) is 15.9 Å². The predicted molar refractivity (Wildman–Crippen MR) is 67.5 cm³/mol. The maximum absolute atomic E-state index is 5.33. The zero-order valence-electron chi connectivity index (χ0n) is 8.16. The molecule has 4 heteroatoms. The summed E-state index contributed by atoms with van der Waals surface area (Å²) in [5, 5.41) is 0. The minimum Gasteiger partial charge on any atom is -0.331 e. The van der Waals surface area contributed by atoms with Gasteiger partial charge in [-0.25, -0.2) is 0 Å². The first kappa shape index (κ1) is 9.60. The third-order valence-corrected chi connectivity index (χ3v) is 3.69. The average Bonchev–Trinajstić information content (AvgIpc) is 2.96. The molecule has 15 heavy (non-hydrogen) atoms. The van der Waals surface area contributed by atoms with Crippen molar-refractivity contribution in [2.75, 3.05) is 0 Å². The number of hydrogen-bond acceptors (Lipinski definition) is 1. The maximum atomic E-state index is 5.33. The molecule has 2 nitrogen and oxygen atoms in total. The van der Waals surface area contributed by atoms with Crippen molar-refractivity contribution >= 4 is 39.2 Å². The smallest absolute Gasteiger partial charge is 0.178 e. The molecular weight excluding hydrogens is 272 g/mol. The number of imidazole rings is 1. The first-order chi connectivity index (χ1) is 7.24. The van der Waals surface area contributed by atoms with Gasteiger partial charge in [0.05, 0.1) is 11.0 Å². The van der Waals surface area contributed by atoms with Crippen LogP contribution in [0.5, 0.6) is 0 Å². The molecule has 0 bridgehead atoms. The molecule has 78 valence electrons. The predicted octanol–water partition coefficient (Wildman–Crippen LogP) is 3.87. The Morgan fingerprint density at radius 1 is 1.47 bits per heavy atom. The number of nitrogens with zero attached hydrogens (tertiary/aromatic N) is 1. The molecule has 0 saturated heterocycles. The Kier molecular flexibility index (Phi) is 2.21. The lowest BCUT2D eigenvalue weighted by atomic mass is 10.3. The Labute approximate surface area is 101 Å². The van der Waals surface area contributed by atoms with Crippen molar-refractivity contribution in [1.29, 1.82) is 0 Å². The first-order valence-electron chi connectivity index (χ1n) is 5.12. The van der Waals surface area contributed by atoms with Crippen molar-refractivity contribution < 1.29 is 0 Å². The number of H-pyrrole nitrogens is 1. The molecule has 1 fully saturated rings. The quantitative estimate of drug-likeness (QED) is 0.830. The van der Waals surface area contributed by atoms with E-state index < -0.39 is 0 Å². The zero-order valence-corrected chi connectivity index (χ0v) is 10.6. The first-order valence-corrected chi connectivity index (χ1v) is 6.32. The Morgan fingerprint density at radius 3 is 3.00 bits per heavy atom. The fourth-order valence-corrected chi connectivity index (χ4v) is 2.50. The normalized spacial score (nSPS) is 16.1. The van der Waals surface area contributed by atoms with E-state index in [9.17, 15) is 0 Å². The number of rotatable bonds is 2. The maximum Gasteiger partial charge on any atom is 0.178 e. The van der Waals surface area contributed by atoms with Crippen molar-refractivity contribution in [1.82, 2.24) is 9.55 Å². The molecule has 3 rings (SSSR count). The second kappa shape index (κ2) is 3.46. The third kappa shape index (κ3) is 1.76. The van der Waals surface area contributed by atoms with Gasteiger partial charge in [-0.05, 0) is 49.2 Å². The van der Waals surface area contributed by atoms with E-state index in [2.05, 4.69) is 37.6 Å². The van der Waals surface area contributed by atoms with Gasteiger partial charge < -0.3 is 9.55 Å². The largest absolute Gasteiger partial charge is 0.331 e. The van der Waals surface area contributed by atoms with E-state index in [1.807, 2.05) is 6.07 Å². The number of benzene rings is 1. The van der Waals surface area contributed by atoms with Crippen LogP contribution in [0.25, 0.3) is 11.0 Å². The summed E-state index contributed by atoms with van der Waals surface area (Å²) in [5.74, 6) is 0.842. The van der Waals surface area contributed by atoms with E-state index in [0.717, 1.165) is 27.2 Å². The van der Waals surface area contributed by atoms with Crippen molar-refractivity contribution in [2.45, 2.75) is 19.4 Å². The van der Waals surface area contributed by atoms with Crippen LogP contribution in [0, 0.1) is 10.7 Å². The second-order valence-corrected chi connectivity index (χ2v) is 5.45. The van der Waals surface area contributed by atoms with Crippen LogP contribution in [-0.4, -0.2) is 9.55 Å². The van der Waals surface area contributed by atoms with Crippen LogP contribution in [0.1, 0.15) is 12.8 Å². The minimum atomic E-state index is 0.842. The lowest BCUT2D eigenvalue weighted by Crippen LogP contribution is -1.99. The van der Waals surface area contributed by atoms with Crippen LogP contribution in [-0.2, 0) is 6.54 Å². The minimum absolute atomic E-state index is 0.842. The topological polar surface area (TPSA) is 20.7 Å². The van der Waals surface area contributed by atoms with E-state index in [1.165, 1.54) is 18.4 Å². The molecule has 1 N–H and O–H groups in total. The van der Waals surface area contributed by atoms with E-state index in [0.29, 0.717) is 0 Å². The molecule has 2 aromatic rings. The number of aromatic amines is 1. The lowest BCUT2D eigenvalue weighted by Gasteiger charge is -2.02. The van der Waals surface area contributed by atoms with Gasteiger partial charge in [-0.15, -0.1) is 0 Å². The summed E-state index contributed by atoms with van der Waals surface area (Å²) < 4.78 is 4.16. The van der Waals surface area contributed by atoms with Crippen LogP contribution >= 0.6 is 28.1 Å². The summed E-state index contributed by atoms with van der Waals surface area (Å²) in [6, 6.07) is 6.23. The summed E-state index contributed by atoms with van der Waals surface area (Å²) >= 11 is 8.83. The molecule has 0 aliphatic heterocycles. The highest BCUT2D eigenvalue weighted by molar-refractivity contribution is 9.10. The molecule has 1 saturated carbocycles. The Hall–Kier alpha value is -0.610. The molecule has 0 amide bonds. The van der Waals surface area contributed by atoms with E-state index in [1.54, 1.807) is 0 Å². The van der Waals surface area contributed by atoms with Gasteiger partial charge >= 0.3 is 0 Å². The lowest BCUT2D eigenvalue weighted by molar-refractivity contribution is 0.635. The summed E-state index contributed by atoms with van der Waals surface area (Å²) in [7, 11) is 0. The molecule has 1 heterocycles. The van der Waals surface area contributed by atoms with Gasteiger partial charge in [0.15, 0.2) is 4.77 Å². The van der Waals surface area contributed by atoms with Gasteiger partial charge in [0.1, 0.15) is 0 Å². The van der Waals surface area contributed by atoms with Gasteiger partial charge in [0.2, 0.25) is 0 Å². The fourth-order valence-electron chi connectivity index (χ4n) is 1.87. The average molecular weight is 283 g/mol. The molecule has 0 spiro atoms. The van der Waals surface area contributed by atoms with Crippen LogP contribution in [0.2, 0.25) is 0 Å². The van der Waals surface area contributed by atoms with Crippen LogP contribution < -0.4 is 0 Å². The van der Waals surface area contributed by atoms with Gasteiger partial charge in [-0.2, -0.15) is 0 Å². The summed E-state index contributed by atoms with van der Waals surface area (Å²) in [6.07, 6.45) is 2.70. The Balaban J connectivity index is 2.20. The number of fused-ring (bicyclic) bond motifs is 1. The van der Waals surface area contributed by atoms with Crippen molar-refractivity contribution in [3.05, 3.63) is 27.4 Å². The summed E-state index contributed by atoms with van der Waals surface area (Å²) in [6.45, 7) is 1.06. The molecule has 0 radical (unpaired) electrons. The number of halogens is 1. The zero-order chi connectivity index (χ0) is 10.4. The standard InChI is InChI=1S/C11H11BrN2S/c12-8-3-4-9-10(5-8)14(11(15)13-9)6-7-1-2-7/h3-5,7H,1-2,6H2,(H,13,15). The number of hydrogen-bond donors (Lipinski definition) is 1. The number of nitrogens with one attached hydrogen (secondary N) is 1. The molecular formula is C11H11BrN2S. The SMILES string of the molecule is S=c1[nH]c2ccc(Br)cc2n1CC1CC1. The molecule has 1 aromatic heterocycles.